The number of pyridine rings is 1. The molecule has 7 heteroatoms. The molecule has 0 aliphatic heterocycles. The smallest absolute Gasteiger partial charge is 0.108 e. The molecular weight excluding hydrogens is 465 g/mol. The zero-order valence-corrected chi connectivity index (χ0v) is 19.7. The lowest BCUT2D eigenvalue weighted by molar-refractivity contribution is 0.832. The van der Waals surface area contributed by atoms with Gasteiger partial charge in [0.25, 0.3) is 0 Å². The van der Waals surface area contributed by atoms with Crippen LogP contribution in [-0.4, -0.2) is 26.1 Å². The van der Waals surface area contributed by atoms with Gasteiger partial charge in [-0.05, 0) is 78.4 Å². The lowest BCUT2D eigenvalue weighted by Crippen LogP contribution is -2.01. The highest BCUT2D eigenvalue weighted by Crippen LogP contribution is 2.36. The van der Waals surface area contributed by atoms with Crippen molar-refractivity contribution in [1.29, 1.82) is 0 Å². The summed E-state index contributed by atoms with van der Waals surface area (Å²) < 4.78 is 2.03. The van der Waals surface area contributed by atoms with Crippen LogP contribution in [0.15, 0.2) is 73.3 Å². The van der Waals surface area contributed by atoms with Crippen molar-refractivity contribution in [2.75, 3.05) is 6.54 Å². The molecule has 0 aliphatic rings. The van der Waals surface area contributed by atoms with Crippen LogP contribution in [0.2, 0.25) is 10.0 Å². The number of hydrogen-bond donors (Lipinski definition) is 2. The molecule has 3 heterocycles. The molecule has 5 nitrogen and oxygen atoms in total. The SMILES string of the molecule is NCCCc1ccc(-n2cnc3cnc4cc(Cl)c(-c5ccc6[nH]ccc6c5)cc4c32)c(Cl)c1. The van der Waals surface area contributed by atoms with Crippen LogP contribution in [0, 0.1) is 0 Å². The van der Waals surface area contributed by atoms with E-state index in [1.807, 2.05) is 29.0 Å². The Balaban J connectivity index is 1.55. The van der Waals surface area contributed by atoms with Crippen LogP contribution in [0.3, 0.4) is 0 Å². The maximum atomic E-state index is 6.73. The summed E-state index contributed by atoms with van der Waals surface area (Å²) in [5, 5.41) is 3.43. The molecule has 3 N–H and O–H groups in total. The normalized spacial score (nSPS) is 11.7. The van der Waals surface area contributed by atoms with E-state index < -0.39 is 0 Å². The van der Waals surface area contributed by atoms with E-state index in [4.69, 9.17) is 28.9 Å². The van der Waals surface area contributed by atoms with E-state index in [0.717, 1.165) is 62.5 Å². The topological polar surface area (TPSA) is 72.5 Å². The third kappa shape index (κ3) is 3.53. The van der Waals surface area contributed by atoms with Crippen LogP contribution in [0.4, 0.5) is 0 Å². The summed E-state index contributed by atoms with van der Waals surface area (Å²) in [6.45, 7) is 0.659. The standard InChI is InChI=1S/C27H21Cl2N5/c28-21-13-24-20(12-19(21)17-4-5-23-18(11-17)7-9-31-23)27-25(14-32-24)33-15-34(27)26-6-3-16(2-1-8-30)10-22(26)29/h3-7,9-15,31H,1-2,8,30H2. The highest BCUT2D eigenvalue weighted by Gasteiger charge is 2.15. The number of aromatic amines is 1. The number of nitrogens with zero attached hydrogens (tertiary/aromatic N) is 3. The monoisotopic (exact) mass is 485 g/mol. The van der Waals surface area contributed by atoms with E-state index in [1.165, 1.54) is 5.56 Å². The Morgan fingerprint density at radius 3 is 2.68 bits per heavy atom. The van der Waals surface area contributed by atoms with Gasteiger partial charge in [0.2, 0.25) is 0 Å². The number of benzene rings is 3. The average Bonchev–Trinajstić information content (AvgIpc) is 3.49. The fourth-order valence-corrected chi connectivity index (χ4v) is 5.11. The van der Waals surface area contributed by atoms with Crippen molar-refractivity contribution in [3.05, 3.63) is 88.9 Å². The second-order valence-electron chi connectivity index (χ2n) is 8.41. The van der Waals surface area contributed by atoms with Crippen molar-refractivity contribution >= 4 is 56.0 Å². The minimum atomic E-state index is 0.655. The predicted molar refractivity (Wildman–Crippen MR) is 141 cm³/mol. The second-order valence-corrected chi connectivity index (χ2v) is 9.23. The van der Waals surface area contributed by atoms with Crippen molar-refractivity contribution in [2.24, 2.45) is 5.73 Å². The molecule has 0 unspecified atom stereocenters. The van der Waals surface area contributed by atoms with Crippen molar-refractivity contribution in [3.8, 4) is 16.8 Å². The number of imidazole rings is 1. The summed E-state index contributed by atoms with van der Waals surface area (Å²) in [6, 6.07) is 18.5. The number of nitrogens with one attached hydrogen (secondary N) is 1. The molecule has 0 amide bonds. The molecule has 0 atom stereocenters. The fourth-order valence-electron chi connectivity index (χ4n) is 4.55. The van der Waals surface area contributed by atoms with E-state index in [0.29, 0.717) is 16.6 Å². The minimum Gasteiger partial charge on any atom is -0.361 e. The highest BCUT2D eigenvalue weighted by atomic mass is 35.5. The van der Waals surface area contributed by atoms with Gasteiger partial charge in [0.05, 0.1) is 33.0 Å². The zero-order chi connectivity index (χ0) is 23.2. The number of halogens is 2. The lowest BCUT2D eigenvalue weighted by Gasteiger charge is -2.12. The molecule has 3 aromatic carbocycles. The Bertz CT molecular complexity index is 1680. The molecule has 0 spiro atoms. The number of fused-ring (bicyclic) bond motifs is 4. The Morgan fingerprint density at radius 2 is 1.82 bits per heavy atom. The maximum Gasteiger partial charge on any atom is 0.108 e. The van der Waals surface area contributed by atoms with E-state index in [1.54, 1.807) is 12.5 Å². The minimum absolute atomic E-state index is 0.655. The lowest BCUT2D eigenvalue weighted by atomic mass is 10.0. The van der Waals surface area contributed by atoms with Crippen LogP contribution in [-0.2, 0) is 6.42 Å². The first-order valence-electron chi connectivity index (χ1n) is 11.1. The summed E-state index contributed by atoms with van der Waals surface area (Å²) in [6.07, 6.45) is 7.35. The van der Waals surface area contributed by atoms with Crippen LogP contribution < -0.4 is 5.73 Å². The van der Waals surface area contributed by atoms with E-state index in [-0.39, 0.29) is 0 Å². The third-order valence-electron chi connectivity index (χ3n) is 6.27. The number of nitrogens with two attached hydrogens (primary N) is 1. The van der Waals surface area contributed by atoms with Gasteiger partial charge in [-0.25, -0.2) is 4.98 Å². The highest BCUT2D eigenvalue weighted by molar-refractivity contribution is 6.34. The largest absolute Gasteiger partial charge is 0.361 e. The quantitative estimate of drug-likeness (QED) is 0.278. The van der Waals surface area contributed by atoms with Gasteiger partial charge in [-0.2, -0.15) is 0 Å². The molecule has 0 fully saturated rings. The predicted octanol–water partition coefficient (Wildman–Crippen LogP) is 6.92. The molecule has 0 bridgehead atoms. The van der Waals surface area contributed by atoms with E-state index in [9.17, 15) is 0 Å². The fraction of sp³-hybridized carbons (Fsp3) is 0.111. The molecular formula is C27H21Cl2N5. The summed E-state index contributed by atoms with van der Waals surface area (Å²) in [7, 11) is 0. The summed E-state index contributed by atoms with van der Waals surface area (Å²) in [5.41, 5.74) is 13.3. The van der Waals surface area contributed by atoms with E-state index >= 15 is 0 Å². The summed E-state index contributed by atoms with van der Waals surface area (Å²) in [5.74, 6) is 0. The molecule has 0 aliphatic carbocycles. The van der Waals surface area contributed by atoms with Gasteiger partial charge in [-0.1, -0.05) is 35.3 Å². The van der Waals surface area contributed by atoms with Gasteiger partial charge >= 0.3 is 0 Å². The van der Waals surface area contributed by atoms with Gasteiger partial charge in [0.15, 0.2) is 0 Å². The Morgan fingerprint density at radius 1 is 0.912 bits per heavy atom. The molecule has 0 saturated heterocycles. The van der Waals surface area contributed by atoms with Crippen molar-refractivity contribution in [1.82, 2.24) is 19.5 Å². The Kier molecular flexibility index (Phi) is 5.26. The number of aromatic nitrogens is 4. The van der Waals surface area contributed by atoms with Crippen LogP contribution >= 0.6 is 23.2 Å². The maximum absolute atomic E-state index is 6.73. The molecule has 0 saturated carbocycles. The number of aryl methyl sites for hydroxylation is 1. The van der Waals surface area contributed by atoms with Crippen LogP contribution in [0.25, 0.3) is 49.7 Å². The zero-order valence-electron chi connectivity index (χ0n) is 18.2. The van der Waals surface area contributed by atoms with Crippen molar-refractivity contribution in [2.45, 2.75) is 12.8 Å². The number of rotatable bonds is 5. The first kappa shape index (κ1) is 21.2. The second kappa shape index (κ2) is 8.44. The average molecular weight is 486 g/mol. The number of hydrogen-bond acceptors (Lipinski definition) is 3. The van der Waals surface area contributed by atoms with Gasteiger partial charge < -0.3 is 10.7 Å². The van der Waals surface area contributed by atoms with Gasteiger partial charge in [-0.3, -0.25) is 9.55 Å². The van der Waals surface area contributed by atoms with Crippen molar-refractivity contribution < 1.29 is 0 Å². The Labute approximate surface area is 206 Å². The van der Waals surface area contributed by atoms with Crippen molar-refractivity contribution in [3.63, 3.8) is 0 Å². The molecule has 168 valence electrons. The van der Waals surface area contributed by atoms with Crippen LogP contribution in [0.1, 0.15) is 12.0 Å². The van der Waals surface area contributed by atoms with Gasteiger partial charge in [-0.15, -0.1) is 0 Å². The van der Waals surface area contributed by atoms with Gasteiger partial charge in [0, 0.05) is 22.7 Å². The van der Waals surface area contributed by atoms with E-state index in [2.05, 4.69) is 51.4 Å². The Hall–Kier alpha value is -3.38. The summed E-state index contributed by atoms with van der Waals surface area (Å²) in [4.78, 5) is 12.5. The first-order chi connectivity index (χ1) is 16.6. The molecule has 0 radical (unpaired) electrons. The molecule has 3 aromatic heterocycles. The van der Waals surface area contributed by atoms with Crippen LogP contribution in [0.5, 0.6) is 0 Å². The van der Waals surface area contributed by atoms with Gasteiger partial charge in [0.1, 0.15) is 11.8 Å². The number of H-pyrrole nitrogens is 1. The summed E-state index contributed by atoms with van der Waals surface area (Å²) >= 11 is 13.5. The molecule has 6 aromatic rings. The molecule has 6 rings (SSSR count). The third-order valence-corrected chi connectivity index (χ3v) is 6.88. The molecule has 34 heavy (non-hydrogen) atoms. The first-order valence-corrected chi connectivity index (χ1v) is 11.9.